The number of halogens is 1. The quantitative estimate of drug-likeness (QED) is 0.715. The van der Waals surface area contributed by atoms with Crippen LogP contribution in [0.3, 0.4) is 0 Å². The van der Waals surface area contributed by atoms with Crippen molar-refractivity contribution in [1.29, 1.82) is 0 Å². The monoisotopic (exact) mass is 278 g/mol. The minimum absolute atomic E-state index is 0.587. The maximum Gasteiger partial charge on any atom is 0.141 e. The molecule has 92 valence electrons. The molecule has 0 aliphatic rings. The molecule has 0 bridgehead atoms. The van der Waals surface area contributed by atoms with Gasteiger partial charge in [0.25, 0.3) is 0 Å². The lowest BCUT2D eigenvalue weighted by Gasteiger charge is -1.94. The smallest absolute Gasteiger partial charge is 0.141 e. The van der Waals surface area contributed by atoms with Gasteiger partial charge in [0.05, 0.1) is 21.8 Å². The SMILES string of the molecule is Cc1nc(-c2[nH]c3nccc(N)c3c2Cl)sc1C. The van der Waals surface area contributed by atoms with Crippen LogP contribution in [0.2, 0.25) is 5.02 Å². The first kappa shape index (κ1) is 11.5. The van der Waals surface area contributed by atoms with E-state index in [4.69, 9.17) is 17.3 Å². The lowest BCUT2D eigenvalue weighted by molar-refractivity contribution is 1.22. The number of hydrogen-bond donors (Lipinski definition) is 2. The summed E-state index contributed by atoms with van der Waals surface area (Å²) >= 11 is 7.98. The van der Waals surface area contributed by atoms with Gasteiger partial charge in [-0.25, -0.2) is 9.97 Å². The molecule has 6 heteroatoms. The highest BCUT2D eigenvalue weighted by atomic mass is 35.5. The minimum Gasteiger partial charge on any atom is -0.398 e. The number of anilines is 1. The standard InChI is InChI=1S/C12H11ClN4S/c1-5-6(2)18-12(16-5)10-9(13)8-7(14)3-4-15-11(8)17-10/h3-4H,1-2H3,(H3,14,15,17). The molecule has 0 fully saturated rings. The van der Waals surface area contributed by atoms with Gasteiger partial charge < -0.3 is 10.7 Å². The van der Waals surface area contributed by atoms with Crippen molar-refractivity contribution in [2.75, 3.05) is 5.73 Å². The molecule has 0 saturated carbocycles. The highest BCUT2D eigenvalue weighted by Gasteiger charge is 2.17. The topological polar surface area (TPSA) is 67.6 Å². The van der Waals surface area contributed by atoms with E-state index < -0.39 is 0 Å². The van der Waals surface area contributed by atoms with Crippen LogP contribution < -0.4 is 5.73 Å². The Morgan fingerprint density at radius 2 is 2.17 bits per heavy atom. The van der Waals surface area contributed by atoms with E-state index >= 15 is 0 Å². The van der Waals surface area contributed by atoms with Crippen LogP contribution in [0.5, 0.6) is 0 Å². The fraction of sp³-hybridized carbons (Fsp3) is 0.167. The molecule has 0 amide bonds. The average molecular weight is 279 g/mol. The summed E-state index contributed by atoms with van der Waals surface area (Å²) in [6.45, 7) is 4.03. The van der Waals surface area contributed by atoms with Crippen LogP contribution in [0.1, 0.15) is 10.6 Å². The summed E-state index contributed by atoms with van der Waals surface area (Å²) < 4.78 is 0. The Morgan fingerprint density at radius 1 is 1.39 bits per heavy atom. The molecule has 0 aromatic carbocycles. The van der Waals surface area contributed by atoms with Crippen molar-refractivity contribution in [1.82, 2.24) is 15.0 Å². The van der Waals surface area contributed by atoms with Gasteiger partial charge in [0.1, 0.15) is 10.7 Å². The number of pyridine rings is 1. The largest absolute Gasteiger partial charge is 0.398 e. The Labute approximate surface area is 113 Å². The fourth-order valence-electron chi connectivity index (χ4n) is 1.83. The van der Waals surface area contributed by atoms with Crippen molar-refractivity contribution < 1.29 is 0 Å². The van der Waals surface area contributed by atoms with Crippen molar-refractivity contribution in [2.24, 2.45) is 0 Å². The van der Waals surface area contributed by atoms with Gasteiger partial charge in [0.2, 0.25) is 0 Å². The summed E-state index contributed by atoms with van der Waals surface area (Å²) in [4.78, 5) is 13.1. The number of rotatable bonds is 1. The summed E-state index contributed by atoms with van der Waals surface area (Å²) in [5, 5.41) is 2.22. The summed E-state index contributed by atoms with van der Waals surface area (Å²) in [5.41, 5.74) is 9.05. The number of aromatic amines is 1. The van der Waals surface area contributed by atoms with Gasteiger partial charge in [-0.1, -0.05) is 11.6 Å². The van der Waals surface area contributed by atoms with Crippen LogP contribution in [-0.4, -0.2) is 15.0 Å². The minimum atomic E-state index is 0.587. The molecular weight excluding hydrogens is 268 g/mol. The molecule has 4 nitrogen and oxygen atoms in total. The van der Waals surface area contributed by atoms with E-state index in [9.17, 15) is 0 Å². The lowest BCUT2D eigenvalue weighted by atomic mass is 10.3. The Kier molecular flexibility index (Phi) is 2.53. The third-order valence-corrected chi connectivity index (χ3v) is 4.38. The van der Waals surface area contributed by atoms with Crippen molar-refractivity contribution in [3.05, 3.63) is 27.9 Å². The third kappa shape index (κ3) is 1.59. The van der Waals surface area contributed by atoms with Crippen molar-refractivity contribution >= 4 is 39.7 Å². The van der Waals surface area contributed by atoms with E-state index in [-0.39, 0.29) is 0 Å². The molecule has 18 heavy (non-hydrogen) atoms. The zero-order valence-electron chi connectivity index (χ0n) is 9.91. The molecule has 0 aliphatic heterocycles. The maximum absolute atomic E-state index is 6.37. The van der Waals surface area contributed by atoms with E-state index in [2.05, 4.69) is 15.0 Å². The van der Waals surface area contributed by atoms with Crippen LogP contribution in [0.15, 0.2) is 12.3 Å². The van der Waals surface area contributed by atoms with Crippen molar-refractivity contribution in [2.45, 2.75) is 13.8 Å². The van der Waals surface area contributed by atoms with Crippen molar-refractivity contribution in [3.63, 3.8) is 0 Å². The highest BCUT2D eigenvalue weighted by molar-refractivity contribution is 7.15. The zero-order chi connectivity index (χ0) is 12.9. The molecular formula is C12H11ClN4S. The summed E-state index contributed by atoms with van der Waals surface area (Å²) in [6.07, 6.45) is 1.66. The first-order chi connectivity index (χ1) is 8.58. The van der Waals surface area contributed by atoms with E-state index in [1.165, 1.54) is 4.88 Å². The molecule has 0 aliphatic carbocycles. The van der Waals surface area contributed by atoms with Crippen LogP contribution in [0, 0.1) is 13.8 Å². The number of aryl methyl sites for hydroxylation is 2. The number of nitrogens with zero attached hydrogens (tertiary/aromatic N) is 2. The molecule has 0 saturated heterocycles. The van der Waals surface area contributed by atoms with Gasteiger partial charge in [-0.15, -0.1) is 11.3 Å². The Morgan fingerprint density at radius 3 is 2.78 bits per heavy atom. The molecule has 0 unspecified atom stereocenters. The van der Waals surface area contributed by atoms with Crippen LogP contribution in [0.25, 0.3) is 21.7 Å². The normalized spacial score (nSPS) is 11.3. The number of aromatic nitrogens is 3. The molecule has 0 atom stereocenters. The average Bonchev–Trinajstić information content (AvgIpc) is 2.82. The van der Waals surface area contributed by atoms with Crippen LogP contribution in [0.4, 0.5) is 5.69 Å². The number of fused-ring (bicyclic) bond motifs is 1. The number of thiazole rings is 1. The predicted octanol–water partition coefficient (Wildman–Crippen LogP) is 3.54. The molecule has 3 rings (SSSR count). The molecule has 3 heterocycles. The second kappa shape index (κ2) is 3.96. The number of H-pyrrole nitrogens is 1. The third-order valence-electron chi connectivity index (χ3n) is 2.91. The van der Waals surface area contributed by atoms with E-state index in [1.807, 2.05) is 13.8 Å². The number of hydrogen-bond acceptors (Lipinski definition) is 4. The lowest BCUT2D eigenvalue weighted by Crippen LogP contribution is -1.86. The zero-order valence-corrected chi connectivity index (χ0v) is 11.5. The Bertz CT molecular complexity index is 724. The summed E-state index contributed by atoms with van der Waals surface area (Å²) in [6, 6.07) is 1.74. The second-order valence-corrected chi connectivity index (χ2v) is 5.68. The fourth-order valence-corrected chi connectivity index (χ4v) is 3.14. The maximum atomic E-state index is 6.37. The molecule has 0 spiro atoms. The first-order valence-corrected chi connectivity index (χ1v) is 6.63. The molecule has 3 aromatic rings. The highest BCUT2D eigenvalue weighted by Crippen LogP contribution is 2.38. The van der Waals surface area contributed by atoms with E-state index in [1.54, 1.807) is 23.6 Å². The van der Waals surface area contributed by atoms with Gasteiger partial charge >= 0.3 is 0 Å². The van der Waals surface area contributed by atoms with E-state index in [0.717, 1.165) is 21.8 Å². The second-order valence-electron chi connectivity index (χ2n) is 4.10. The molecule has 3 N–H and O–H groups in total. The summed E-state index contributed by atoms with van der Waals surface area (Å²) in [5.74, 6) is 0. The molecule has 3 aromatic heterocycles. The van der Waals surface area contributed by atoms with Gasteiger partial charge in [0, 0.05) is 16.8 Å². The van der Waals surface area contributed by atoms with Gasteiger partial charge in [-0.2, -0.15) is 0 Å². The Balaban J connectivity index is 2.30. The number of nitrogen functional groups attached to an aromatic ring is 1. The van der Waals surface area contributed by atoms with Crippen LogP contribution in [-0.2, 0) is 0 Å². The predicted molar refractivity (Wildman–Crippen MR) is 76.1 cm³/mol. The number of nitrogens with two attached hydrogens (primary N) is 1. The van der Waals surface area contributed by atoms with Gasteiger partial charge in [0.15, 0.2) is 0 Å². The summed E-state index contributed by atoms with van der Waals surface area (Å²) in [7, 11) is 0. The molecule has 0 radical (unpaired) electrons. The van der Waals surface area contributed by atoms with Crippen molar-refractivity contribution in [3.8, 4) is 10.7 Å². The first-order valence-electron chi connectivity index (χ1n) is 5.44. The number of nitrogens with one attached hydrogen (secondary N) is 1. The van der Waals surface area contributed by atoms with E-state index in [0.29, 0.717) is 16.4 Å². The van der Waals surface area contributed by atoms with Crippen LogP contribution >= 0.6 is 22.9 Å². The Hall–Kier alpha value is -1.59. The van der Waals surface area contributed by atoms with Gasteiger partial charge in [-0.05, 0) is 19.9 Å². The van der Waals surface area contributed by atoms with Gasteiger partial charge in [-0.3, -0.25) is 0 Å².